The van der Waals surface area contributed by atoms with Crippen molar-refractivity contribution >= 4 is 5.97 Å². The van der Waals surface area contributed by atoms with E-state index in [-0.39, 0.29) is 17.9 Å². The van der Waals surface area contributed by atoms with Crippen molar-refractivity contribution in [2.45, 2.75) is 39.7 Å². The summed E-state index contributed by atoms with van der Waals surface area (Å²) >= 11 is 0. The van der Waals surface area contributed by atoms with Gasteiger partial charge in [0.05, 0.1) is 18.0 Å². The third-order valence-electron chi connectivity index (χ3n) is 2.92. The first-order chi connectivity index (χ1) is 9.87. The molecule has 21 heavy (non-hydrogen) atoms. The van der Waals surface area contributed by atoms with Crippen LogP contribution in [0, 0.1) is 5.41 Å². The first kappa shape index (κ1) is 15.0. The fourth-order valence-corrected chi connectivity index (χ4v) is 2.20. The molecule has 0 aliphatic carbocycles. The third-order valence-corrected chi connectivity index (χ3v) is 2.92. The third kappa shape index (κ3) is 4.04. The lowest BCUT2D eigenvalue weighted by atomic mass is 9.87. The van der Waals surface area contributed by atoms with E-state index in [1.54, 1.807) is 17.1 Å². The first-order valence-corrected chi connectivity index (χ1v) is 6.62. The molecule has 8 heteroatoms. The van der Waals surface area contributed by atoms with Crippen LogP contribution >= 0.6 is 0 Å². The second-order valence-corrected chi connectivity index (χ2v) is 6.09. The average molecular weight is 290 g/mol. The van der Waals surface area contributed by atoms with Crippen LogP contribution < -0.4 is 0 Å². The summed E-state index contributed by atoms with van der Waals surface area (Å²) in [4.78, 5) is 19.0. The van der Waals surface area contributed by atoms with Crippen molar-refractivity contribution in [1.29, 1.82) is 0 Å². The number of carboxylic acid groups (broad SMARTS) is 1. The van der Waals surface area contributed by atoms with Gasteiger partial charge >= 0.3 is 5.97 Å². The van der Waals surface area contributed by atoms with Gasteiger partial charge in [0.25, 0.3) is 0 Å². The molecule has 0 amide bonds. The van der Waals surface area contributed by atoms with Crippen LogP contribution in [0.4, 0.5) is 0 Å². The van der Waals surface area contributed by atoms with E-state index >= 15 is 0 Å². The number of hydrogen-bond donors (Lipinski definition) is 1. The van der Waals surface area contributed by atoms with Gasteiger partial charge in [0.2, 0.25) is 0 Å². The Morgan fingerprint density at radius 3 is 2.57 bits per heavy atom. The number of carbonyl (C=O) groups is 1. The van der Waals surface area contributed by atoms with Crippen molar-refractivity contribution < 1.29 is 9.90 Å². The van der Waals surface area contributed by atoms with Crippen molar-refractivity contribution in [3.63, 3.8) is 0 Å². The van der Waals surface area contributed by atoms with Crippen molar-refractivity contribution in [3.05, 3.63) is 18.7 Å². The van der Waals surface area contributed by atoms with Gasteiger partial charge in [0.15, 0.2) is 5.82 Å². The second kappa shape index (κ2) is 5.94. The SMILES string of the molecule is CC(C)(C)CC(CC(=O)O)n1nnnc1-c1cncnc1. The molecule has 8 nitrogen and oxygen atoms in total. The van der Waals surface area contributed by atoms with Gasteiger partial charge in [-0.25, -0.2) is 14.6 Å². The lowest BCUT2D eigenvalue weighted by Crippen LogP contribution is -2.22. The van der Waals surface area contributed by atoms with E-state index in [2.05, 4.69) is 46.3 Å². The van der Waals surface area contributed by atoms with Gasteiger partial charge in [-0.15, -0.1) is 5.10 Å². The number of carboxylic acids is 1. The van der Waals surface area contributed by atoms with Crippen LogP contribution in [0.25, 0.3) is 11.4 Å². The molecule has 1 atom stereocenters. The summed E-state index contributed by atoms with van der Waals surface area (Å²) in [7, 11) is 0. The van der Waals surface area contributed by atoms with E-state index in [1.807, 2.05) is 0 Å². The zero-order valence-corrected chi connectivity index (χ0v) is 12.3. The minimum Gasteiger partial charge on any atom is -0.481 e. The Balaban J connectivity index is 2.37. The Kier molecular flexibility index (Phi) is 4.25. The molecule has 2 rings (SSSR count). The van der Waals surface area contributed by atoms with Gasteiger partial charge in [-0.3, -0.25) is 4.79 Å². The summed E-state index contributed by atoms with van der Waals surface area (Å²) in [5.41, 5.74) is 0.614. The summed E-state index contributed by atoms with van der Waals surface area (Å²) in [6, 6.07) is -0.326. The van der Waals surface area contributed by atoms with E-state index in [4.69, 9.17) is 5.11 Å². The normalized spacial score (nSPS) is 13.1. The molecule has 1 N–H and O–H groups in total. The molecule has 0 aliphatic rings. The molecule has 0 fully saturated rings. The molecule has 2 aromatic heterocycles. The maximum atomic E-state index is 11.1. The monoisotopic (exact) mass is 290 g/mol. The number of aliphatic carboxylic acids is 1. The topological polar surface area (TPSA) is 107 Å². The van der Waals surface area contributed by atoms with Gasteiger partial charge < -0.3 is 5.11 Å². The van der Waals surface area contributed by atoms with Gasteiger partial charge in [0.1, 0.15) is 6.33 Å². The molecule has 0 aromatic carbocycles. The number of nitrogens with zero attached hydrogens (tertiary/aromatic N) is 6. The highest BCUT2D eigenvalue weighted by molar-refractivity contribution is 5.67. The number of hydrogen-bond acceptors (Lipinski definition) is 6. The Hall–Kier alpha value is -2.38. The Bertz CT molecular complexity index is 605. The maximum Gasteiger partial charge on any atom is 0.305 e. The molecule has 0 bridgehead atoms. The minimum atomic E-state index is -0.880. The fourth-order valence-electron chi connectivity index (χ4n) is 2.20. The summed E-state index contributed by atoms with van der Waals surface area (Å²) in [6.07, 6.45) is 5.23. The fraction of sp³-hybridized carbons (Fsp3) is 0.538. The summed E-state index contributed by atoms with van der Waals surface area (Å²) in [5, 5.41) is 20.7. The molecule has 0 spiro atoms. The molecule has 112 valence electrons. The molecule has 2 aromatic rings. The molecular weight excluding hydrogens is 272 g/mol. The Morgan fingerprint density at radius 1 is 1.33 bits per heavy atom. The van der Waals surface area contributed by atoms with Crippen LogP contribution in [0.2, 0.25) is 0 Å². The largest absolute Gasteiger partial charge is 0.481 e. The first-order valence-electron chi connectivity index (χ1n) is 6.62. The van der Waals surface area contributed by atoms with Gasteiger partial charge in [-0.05, 0) is 22.3 Å². The highest BCUT2D eigenvalue weighted by Crippen LogP contribution is 2.31. The zero-order chi connectivity index (χ0) is 15.5. The van der Waals surface area contributed by atoms with E-state index in [9.17, 15) is 4.79 Å². The Labute approximate surface area is 122 Å². The highest BCUT2D eigenvalue weighted by Gasteiger charge is 2.26. The lowest BCUT2D eigenvalue weighted by Gasteiger charge is -2.25. The highest BCUT2D eigenvalue weighted by atomic mass is 16.4. The number of aromatic nitrogens is 6. The smallest absolute Gasteiger partial charge is 0.305 e. The van der Waals surface area contributed by atoms with E-state index < -0.39 is 5.97 Å². The predicted octanol–water partition coefficient (Wildman–Crippen LogP) is 1.58. The lowest BCUT2D eigenvalue weighted by molar-refractivity contribution is -0.138. The van der Waals surface area contributed by atoms with E-state index in [0.717, 1.165) is 0 Å². The van der Waals surface area contributed by atoms with Crippen LogP contribution in [0.1, 0.15) is 39.7 Å². The standard InChI is InChI=1S/C13H18N6O2/c1-13(2,3)5-10(4-11(20)21)19-12(16-17-18-19)9-6-14-8-15-7-9/h6-8,10H,4-5H2,1-3H3,(H,20,21). The van der Waals surface area contributed by atoms with Crippen LogP contribution in [0.5, 0.6) is 0 Å². The van der Waals surface area contributed by atoms with E-state index in [1.165, 1.54) is 6.33 Å². The molecule has 2 heterocycles. The average Bonchev–Trinajstić information content (AvgIpc) is 2.86. The Morgan fingerprint density at radius 2 is 2.00 bits per heavy atom. The summed E-state index contributed by atoms with van der Waals surface area (Å²) in [5.74, 6) is -0.402. The molecule has 0 radical (unpaired) electrons. The molecular formula is C13H18N6O2. The van der Waals surface area contributed by atoms with E-state index in [0.29, 0.717) is 17.8 Å². The predicted molar refractivity (Wildman–Crippen MR) is 74.2 cm³/mol. The zero-order valence-electron chi connectivity index (χ0n) is 12.3. The van der Waals surface area contributed by atoms with Gasteiger partial charge in [0, 0.05) is 12.4 Å². The summed E-state index contributed by atoms with van der Waals surface area (Å²) < 4.78 is 1.55. The van der Waals surface area contributed by atoms with Gasteiger partial charge in [-0.2, -0.15) is 0 Å². The van der Waals surface area contributed by atoms with Crippen LogP contribution in [-0.2, 0) is 4.79 Å². The van der Waals surface area contributed by atoms with Crippen molar-refractivity contribution in [3.8, 4) is 11.4 Å². The van der Waals surface area contributed by atoms with Crippen molar-refractivity contribution in [2.24, 2.45) is 5.41 Å². The summed E-state index contributed by atoms with van der Waals surface area (Å²) in [6.45, 7) is 6.16. The molecule has 1 unspecified atom stereocenters. The number of rotatable bonds is 5. The quantitative estimate of drug-likeness (QED) is 0.890. The molecule has 0 aliphatic heterocycles. The molecule has 0 saturated heterocycles. The van der Waals surface area contributed by atoms with Crippen molar-refractivity contribution in [2.75, 3.05) is 0 Å². The minimum absolute atomic E-state index is 0.0387. The van der Waals surface area contributed by atoms with Crippen molar-refractivity contribution in [1.82, 2.24) is 30.2 Å². The van der Waals surface area contributed by atoms with Crippen LogP contribution in [0.3, 0.4) is 0 Å². The van der Waals surface area contributed by atoms with Crippen LogP contribution in [0.15, 0.2) is 18.7 Å². The molecule has 0 saturated carbocycles. The maximum absolute atomic E-state index is 11.1. The second-order valence-electron chi connectivity index (χ2n) is 6.09. The van der Waals surface area contributed by atoms with Gasteiger partial charge in [-0.1, -0.05) is 20.8 Å². The van der Waals surface area contributed by atoms with Crippen LogP contribution in [-0.4, -0.2) is 41.3 Å². The number of tetrazole rings is 1.